The Morgan fingerprint density at radius 3 is 1.83 bits per heavy atom. The fraction of sp³-hybridized carbons (Fsp3) is 0.889. The molecular formula is C9H12N2O. The summed E-state index contributed by atoms with van der Waals surface area (Å²) in [6.45, 7) is 4.28. The van der Waals surface area contributed by atoms with Gasteiger partial charge in [0.15, 0.2) is 0 Å². The van der Waals surface area contributed by atoms with Crippen LogP contribution in [0.4, 0.5) is 0 Å². The van der Waals surface area contributed by atoms with Crippen LogP contribution in [0.2, 0.25) is 0 Å². The lowest BCUT2D eigenvalue weighted by molar-refractivity contribution is -0.127. The maximum atomic E-state index is 12.0. The molecule has 2 N–H and O–H groups in total. The summed E-state index contributed by atoms with van der Waals surface area (Å²) in [4.78, 5) is 12.0. The first-order valence-corrected chi connectivity index (χ1v) is 4.69. The molecule has 4 saturated carbocycles. The zero-order valence-electron chi connectivity index (χ0n) is 7.22. The van der Waals surface area contributed by atoms with E-state index in [9.17, 15) is 4.79 Å². The molecule has 6 bridgehead atoms. The third-order valence-electron chi connectivity index (χ3n) is 5.05. The van der Waals surface area contributed by atoms with Crippen molar-refractivity contribution in [3.05, 3.63) is 0 Å². The summed E-state index contributed by atoms with van der Waals surface area (Å²) in [6, 6.07) is 0.870. The van der Waals surface area contributed by atoms with Crippen molar-refractivity contribution in [2.24, 2.45) is 22.7 Å². The fourth-order valence-electron chi connectivity index (χ4n) is 4.45. The highest BCUT2D eigenvalue weighted by Crippen LogP contribution is 2.81. The molecule has 4 unspecified atom stereocenters. The Bertz CT molecular complexity index is 306. The largest absolute Gasteiger partial charge is 0.298 e. The average molecular weight is 164 g/mol. The molecule has 4 aliphatic carbocycles. The molecule has 64 valence electrons. The van der Waals surface area contributed by atoms with Crippen molar-refractivity contribution >= 4 is 5.78 Å². The summed E-state index contributed by atoms with van der Waals surface area (Å²) in [5.74, 6) is 1.82. The Hall–Kier alpha value is -0.410. The normalized spacial score (nSPS) is 75.7. The van der Waals surface area contributed by atoms with E-state index in [-0.39, 0.29) is 10.8 Å². The molecule has 4 atom stereocenters. The van der Waals surface area contributed by atoms with Crippen LogP contribution in [0.5, 0.6) is 0 Å². The molecule has 5 aliphatic rings. The summed E-state index contributed by atoms with van der Waals surface area (Å²) in [5.41, 5.74) is 6.52. The second-order valence-electron chi connectivity index (χ2n) is 5.19. The second kappa shape index (κ2) is 1.19. The van der Waals surface area contributed by atoms with Gasteiger partial charge in [0.25, 0.3) is 0 Å². The first-order valence-electron chi connectivity index (χ1n) is 4.69. The lowest BCUT2D eigenvalue weighted by Crippen LogP contribution is -2.39. The Balaban J connectivity index is 2.06. The van der Waals surface area contributed by atoms with E-state index in [0.29, 0.717) is 29.7 Å². The maximum absolute atomic E-state index is 12.0. The Morgan fingerprint density at radius 2 is 1.58 bits per heavy atom. The molecule has 12 heavy (non-hydrogen) atoms. The number of carbonyl (C=O) groups excluding carboxylic acids is 1. The second-order valence-corrected chi connectivity index (χ2v) is 5.19. The summed E-state index contributed by atoms with van der Waals surface area (Å²) in [5, 5.41) is 0. The van der Waals surface area contributed by atoms with Crippen molar-refractivity contribution in [3.63, 3.8) is 0 Å². The minimum absolute atomic E-state index is 0.0561. The molecule has 3 nitrogen and oxygen atoms in total. The van der Waals surface area contributed by atoms with Crippen molar-refractivity contribution in [2.45, 2.75) is 25.9 Å². The van der Waals surface area contributed by atoms with Gasteiger partial charge in [0.2, 0.25) is 0 Å². The molecule has 0 spiro atoms. The summed E-state index contributed by atoms with van der Waals surface area (Å²) in [7, 11) is 0. The lowest BCUT2D eigenvalue weighted by Gasteiger charge is -2.18. The Kier molecular flexibility index (Phi) is 0.606. The van der Waals surface area contributed by atoms with Gasteiger partial charge in [0.1, 0.15) is 5.78 Å². The van der Waals surface area contributed by atoms with Crippen molar-refractivity contribution in [1.82, 2.24) is 10.9 Å². The minimum Gasteiger partial charge on any atom is -0.298 e. The van der Waals surface area contributed by atoms with Gasteiger partial charge >= 0.3 is 0 Å². The van der Waals surface area contributed by atoms with Crippen molar-refractivity contribution in [1.29, 1.82) is 0 Å². The molecule has 1 heterocycles. The highest BCUT2D eigenvalue weighted by atomic mass is 16.1. The van der Waals surface area contributed by atoms with Crippen molar-refractivity contribution < 1.29 is 4.79 Å². The fourth-order valence-corrected chi connectivity index (χ4v) is 4.45. The van der Waals surface area contributed by atoms with Crippen LogP contribution in [0.25, 0.3) is 0 Å². The van der Waals surface area contributed by atoms with Gasteiger partial charge in [-0.1, -0.05) is 6.92 Å². The lowest BCUT2D eigenvalue weighted by atomic mass is 9.84. The number of hydrogen-bond acceptors (Lipinski definition) is 3. The SMILES string of the molecule is CC12C(=O)C3(C)C4C1NNC2C43. The number of nitrogens with one attached hydrogen (secondary N) is 2. The molecule has 0 amide bonds. The van der Waals surface area contributed by atoms with Crippen LogP contribution in [-0.4, -0.2) is 17.9 Å². The first kappa shape index (κ1) is 6.11. The molecule has 0 radical (unpaired) electrons. The maximum Gasteiger partial charge on any atom is 0.148 e. The molecule has 0 aromatic heterocycles. The predicted molar refractivity (Wildman–Crippen MR) is 42.0 cm³/mol. The molecule has 5 rings (SSSR count). The number of hydrogen-bond donors (Lipinski definition) is 2. The van der Waals surface area contributed by atoms with Crippen LogP contribution in [0.3, 0.4) is 0 Å². The zero-order valence-corrected chi connectivity index (χ0v) is 7.22. The van der Waals surface area contributed by atoms with Crippen LogP contribution in [0.1, 0.15) is 13.8 Å². The summed E-state index contributed by atoms with van der Waals surface area (Å²) in [6.07, 6.45) is 0. The highest BCUT2D eigenvalue weighted by Gasteiger charge is 2.92. The van der Waals surface area contributed by atoms with Gasteiger partial charge in [-0.3, -0.25) is 15.6 Å². The van der Waals surface area contributed by atoms with E-state index in [2.05, 4.69) is 24.7 Å². The van der Waals surface area contributed by atoms with Crippen LogP contribution in [0.15, 0.2) is 0 Å². The predicted octanol–water partition coefficient (Wildman–Crippen LogP) is -0.314. The molecule has 1 saturated heterocycles. The van der Waals surface area contributed by atoms with E-state index in [4.69, 9.17) is 0 Å². The van der Waals surface area contributed by atoms with E-state index >= 15 is 0 Å². The van der Waals surface area contributed by atoms with Crippen LogP contribution >= 0.6 is 0 Å². The van der Waals surface area contributed by atoms with E-state index in [1.807, 2.05) is 0 Å². The third kappa shape index (κ3) is 0.276. The van der Waals surface area contributed by atoms with Crippen LogP contribution in [-0.2, 0) is 4.79 Å². The summed E-state index contributed by atoms with van der Waals surface area (Å²) < 4.78 is 0. The van der Waals surface area contributed by atoms with Gasteiger partial charge in [-0.05, 0) is 18.8 Å². The molecule has 5 fully saturated rings. The Morgan fingerprint density at radius 1 is 1.08 bits per heavy atom. The van der Waals surface area contributed by atoms with E-state index < -0.39 is 0 Å². The van der Waals surface area contributed by atoms with Gasteiger partial charge in [-0.25, -0.2) is 0 Å². The van der Waals surface area contributed by atoms with E-state index in [1.54, 1.807) is 0 Å². The molecular weight excluding hydrogens is 152 g/mol. The molecule has 0 aromatic carbocycles. The molecule has 0 aromatic rings. The summed E-state index contributed by atoms with van der Waals surface area (Å²) >= 11 is 0. The van der Waals surface area contributed by atoms with Crippen molar-refractivity contribution in [2.75, 3.05) is 0 Å². The van der Waals surface area contributed by atoms with Gasteiger partial charge in [0, 0.05) is 17.5 Å². The molecule has 3 heteroatoms. The number of rotatable bonds is 0. The van der Waals surface area contributed by atoms with E-state index in [1.165, 1.54) is 0 Å². The van der Waals surface area contributed by atoms with Crippen LogP contribution in [0, 0.1) is 22.7 Å². The number of carbonyl (C=O) groups is 1. The minimum atomic E-state index is -0.0654. The number of hydrazine groups is 1. The van der Waals surface area contributed by atoms with E-state index in [0.717, 1.165) is 0 Å². The Labute approximate surface area is 70.9 Å². The third-order valence-corrected chi connectivity index (χ3v) is 5.05. The van der Waals surface area contributed by atoms with Crippen molar-refractivity contribution in [3.8, 4) is 0 Å². The topological polar surface area (TPSA) is 41.1 Å². The average Bonchev–Trinajstić information content (AvgIpc) is 2.28. The van der Waals surface area contributed by atoms with Gasteiger partial charge in [-0.15, -0.1) is 0 Å². The first-order chi connectivity index (χ1) is 5.63. The standard InChI is InChI=1S/C9H12N2O/c1-8-3-4(8)6-9(2,7(8)12)5(3)10-11-6/h3-6,10-11H,1-2H3. The van der Waals surface area contributed by atoms with Gasteiger partial charge < -0.3 is 0 Å². The number of Topliss-reactive ketones (excluding diaryl/α,β-unsaturated/α-hetero) is 1. The quantitative estimate of drug-likeness (QED) is 0.516. The molecule has 1 aliphatic heterocycles. The number of ketones is 1. The van der Waals surface area contributed by atoms with Gasteiger partial charge in [-0.2, -0.15) is 0 Å². The highest BCUT2D eigenvalue weighted by molar-refractivity contribution is 6.02. The smallest absolute Gasteiger partial charge is 0.148 e. The van der Waals surface area contributed by atoms with Crippen LogP contribution < -0.4 is 10.9 Å². The monoisotopic (exact) mass is 164 g/mol. The van der Waals surface area contributed by atoms with Gasteiger partial charge in [0.05, 0.1) is 5.41 Å². The zero-order chi connectivity index (χ0) is 8.30.